The van der Waals surface area contributed by atoms with Crippen LogP contribution in [0.15, 0.2) is 128 Å². The topological polar surface area (TPSA) is 35.9 Å². The van der Waals surface area contributed by atoms with Crippen LogP contribution in [0.1, 0.15) is 125 Å². The van der Waals surface area contributed by atoms with E-state index in [-0.39, 0.29) is 21.7 Å². The minimum absolute atomic E-state index is 0.0319. The molecule has 5 nitrogen and oxygen atoms in total. The van der Waals surface area contributed by atoms with Gasteiger partial charge in [-0.3, -0.25) is 13.7 Å². The quantitative estimate of drug-likeness (QED) is 0.113. The Kier molecular flexibility index (Phi) is 11.1. The molecule has 0 saturated heterocycles. The molecule has 0 aliphatic carbocycles. The fraction of sp³-hybridized carbons (Fsp3) is 0.345. The molecule has 5 heteroatoms. The maximum Gasteiger partial charge on any atom is 0.269 e. The maximum atomic E-state index is 7.03. The summed E-state index contributed by atoms with van der Waals surface area (Å²) in [5.41, 5.74) is 12.3. The first-order valence-electron chi connectivity index (χ1n) is 22.7. The molecule has 0 aliphatic rings. The van der Waals surface area contributed by atoms with E-state index in [1.165, 1.54) is 33.5 Å². The van der Waals surface area contributed by atoms with Crippen molar-refractivity contribution in [2.75, 3.05) is 0 Å². The number of hydrogen-bond donors (Lipinski definition) is 0. The molecule has 0 atom stereocenters. The zero-order valence-electron chi connectivity index (χ0n) is 40.1. The van der Waals surface area contributed by atoms with Crippen LogP contribution in [-0.2, 0) is 28.1 Å². The fourth-order valence-electron chi connectivity index (χ4n) is 8.92. The Balaban J connectivity index is 1.34. The van der Waals surface area contributed by atoms with Gasteiger partial charge in [-0.25, -0.2) is 4.98 Å². The molecule has 3 aromatic heterocycles. The van der Waals surface area contributed by atoms with Crippen molar-refractivity contribution >= 4 is 21.8 Å². The Labute approximate surface area is 376 Å². The molecule has 0 bridgehead atoms. The van der Waals surface area contributed by atoms with Gasteiger partial charge in [0.05, 0.1) is 33.8 Å². The van der Waals surface area contributed by atoms with Crippen molar-refractivity contribution in [3.8, 4) is 39.8 Å². The van der Waals surface area contributed by atoms with Gasteiger partial charge >= 0.3 is 0 Å². The normalized spacial score (nSPS) is 12.8. The van der Waals surface area contributed by atoms with Crippen LogP contribution >= 0.6 is 0 Å². The first-order valence-corrected chi connectivity index (χ1v) is 22.7. The lowest BCUT2D eigenvalue weighted by atomic mass is 9.79. The standard InChI is InChI=1S/C58H66N4O/c1-38(2)28-39-26-27-59-52(29-39)62-50-23-19-18-22-48(50)49-25-24-46(36-51(49)62)63-47-31-41(40-20-16-15-17-21-40)30-44(35-47)60-37-61(54(58(12,13)14)53(60)57(9,10)11)45-33-42(55(3,4)5)32-43(34-45)56(6,7)8/h15-27,29-36,38H,28H2,1-14H3. The Bertz CT molecular complexity index is 2920. The molecule has 0 radical (unpaired) electrons. The highest BCUT2D eigenvalue weighted by Crippen LogP contribution is 2.40. The van der Waals surface area contributed by atoms with Crippen molar-refractivity contribution in [2.45, 2.75) is 125 Å². The van der Waals surface area contributed by atoms with E-state index in [0.717, 1.165) is 62.7 Å². The van der Waals surface area contributed by atoms with E-state index in [2.05, 4.69) is 238 Å². The number of para-hydroxylation sites is 1. The van der Waals surface area contributed by atoms with Crippen molar-refractivity contribution in [1.82, 2.24) is 14.1 Å². The molecular weight excluding hydrogens is 769 g/mol. The third-order valence-electron chi connectivity index (χ3n) is 12.0. The monoisotopic (exact) mass is 835 g/mol. The number of fused-ring (bicyclic) bond motifs is 3. The molecule has 0 saturated carbocycles. The summed E-state index contributed by atoms with van der Waals surface area (Å²) in [6.45, 7) is 32.3. The summed E-state index contributed by atoms with van der Waals surface area (Å²) in [6, 6.07) is 43.8. The second kappa shape index (κ2) is 16.0. The molecule has 324 valence electrons. The Morgan fingerprint density at radius 1 is 0.587 bits per heavy atom. The van der Waals surface area contributed by atoms with Gasteiger partial charge in [-0.2, -0.15) is 0 Å². The van der Waals surface area contributed by atoms with Gasteiger partial charge < -0.3 is 4.74 Å². The number of pyridine rings is 1. The van der Waals surface area contributed by atoms with Crippen LogP contribution in [0.2, 0.25) is 0 Å². The molecule has 0 N–H and O–H groups in total. The third kappa shape index (κ3) is 8.85. The molecule has 0 fully saturated rings. The largest absolute Gasteiger partial charge is 0.458 e. The molecule has 0 spiro atoms. The zero-order chi connectivity index (χ0) is 45.2. The Hall–Kier alpha value is -5.94. The van der Waals surface area contributed by atoms with Crippen molar-refractivity contribution in [1.29, 1.82) is 0 Å². The van der Waals surface area contributed by atoms with E-state index in [4.69, 9.17) is 9.72 Å². The van der Waals surface area contributed by atoms with Gasteiger partial charge in [-0.1, -0.05) is 152 Å². The summed E-state index contributed by atoms with van der Waals surface area (Å²) in [6.07, 6.45) is 6.91. The molecule has 8 aromatic rings. The number of hydrogen-bond acceptors (Lipinski definition) is 2. The number of imidazole rings is 1. The summed E-state index contributed by atoms with van der Waals surface area (Å²) in [4.78, 5) is 4.92. The first kappa shape index (κ1) is 43.7. The van der Waals surface area contributed by atoms with Crippen LogP contribution in [0.25, 0.3) is 50.1 Å². The molecule has 63 heavy (non-hydrogen) atoms. The van der Waals surface area contributed by atoms with E-state index in [9.17, 15) is 0 Å². The van der Waals surface area contributed by atoms with Crippen molar-refractivity contribution in [2.24, 2.45) is 5.92 Å². The van der Waals surface area contributed by atoms with Gasteiger partial charge in [-0.05, 0) is 122 Å². The highest BCUT2D eigenvalue weighted by Gasteiger charge is 2.35. The highest BCUT2D eigenvalue weighted by atomic mass is 16.5. The van der Waals surface area contributed by atoms with Crippen LogP contribution in [0.4, 0.5) is 0 Å². The van der Waals surface area contributed by atoms with Crippen LogP contribution in [0.5, 0.6) is 11.5 Å². The molecule has 5 aromatic carbocycles. The van der Waals surface area contributed by atoms with Crippen molar-refractivity contribution < 1.29 is 9.30 Å². The molecular formula is C58H66N4O. The predicted molar refractivity (Wildman–Crippen MR) is 264 cm³/mol. The second-order valence-corrected chi connectivity index (χ2v) is 22.1. The average Bonchev–Trinajstić information content (AvgIpc) is 3.78. The lowest BCUT2D eigenvalue weighted by molar-refractivity contribution is -0.611. The van der Waals surface area contributed by atoms with Gasteiger partial charge in [0.1, 0.15) is 17.3 Å². The zero-order valence-corrected chi connectivity index (χ0v) is 40.1. The lowest BCUT2D eigenvalue weighted by Gasteiger charge is -2.31. The van der Waals surface area contributed by atoms with Gasteiger partial charge in [-0.15, -0.1) is 0 Å². The summed E-state index contributed by atoms with van der Waals surface area (Å²) in [5, 5.41) is 2.35. The van der Waals surface area contributed by atoms with Crippen LogP contribution < -0.4 is 9.30 Å². The average molecular weight is 835 g/mol. The number of nitrogens with zero attached hydrogens (tertiary/aromatic N) is 4. The second-order valence-electron chi connectivity index (χ2n) is 22.1. The molecule has 0 unspecified atom stereocenters. The maximum absolute atomic E-state index is 7.03. The third-order valence-corrected chi connectivity index (χ3v) is 12.0. The highest BCUT2D eigenvalue weighted by molar-refractivity contribution is 6.09. The molecule has 0 amide bonds. The van der Waals surface area contributed by atoms with Crippen molar-refractivity contribution in [3.63, 3.8) is 0 Å². The van der Waals surface area contributed by atoms with Gasteiger partial charge in [0, 0.05) is 23.0 Å². The molecule has 0 aliphatic heterocycles. The number of aromatic nitrogens is 4. The SMILES string of the molecule is CC(C)Cc1ccnc(-n2c3ccccc3c3ccc(Oc4cc(-c5ccccc5)cc(-n5[c-][n+](-c6cc(C(C)(C)C)cc(C(C)(C)C)c6)c(C(C)(C)C)c5C(C)(C)C)c4)cc32)c1. The summed E-state index contributed by atoms with van der Waals surface area (Å²) in [5.74, 6) is 2.96. The van der Waals surface area contributed by atoms with Gasteiger partial charge in [0.15, 0.2) is 0 Å². The van der Waals surface area contributed by atoms with Gasteiger partial charge in [0.2, 0.25) is 0 Å². The van der Waals surface area contributed by atoms with E-state index in [0.29, 0.717) is 5.92 Å². The summed E-state index contributed by atoms with van der Waals surface area (Å²) in [7, 11) is 0. The van der Waals surface area contributed by atoms with Crippen LogP contribution in [-0.4, -0.2) is 14.1 Å². The number of ether oxygens (including phenoxy) is 1. The smallest absolute Gasteiger partial charge is 0.269 e. The molecule has 3 heterocycles. The van der Waals surface area contributed by atoms with E-state index in [1.807, 2.05) is 6.20 Å². The Morgan fingerprint density at radius 2 is 1.24 bits per heavy atom. The van der Waals surface area contributed by atoms with Crippen molar-refractivity contribution in [3.05, 3.63) is 162 Å². The number of benzene rings is 5. The van der Waals surface area contributed by atoms with E-state index < -0.39 is 0 Å². The lowest BCUT2D eigenvalue weighted by Crippen LogP contribution is -2.41. The van der Waals surface area contributed by atoms with E-state index >= 15 is 0 Å². The summed E-state index contributed by atoms with van der Waals surface area (Å²) < 4.78 is 14.0. The van der Waals surface area contributed by atoms with E-state index in [1.54, 1.807) is 0 Å². The summed E-state index contributed by atoms with van der Waals surface area (Å²) >= 11 is 0. The predicted octanol–water partition coefficient (Wildman–Crippen LogP) is 14.9. The van der Waals surface area contributed by atoms with Crippen LogP contribution in [0.3, 0.4) is 0 Å². The van der Waals surface area contributed by atoms with Crippen LogP contribution in [0, 0.1) is 12.2 Å². The molecule has 8 rings (SSSR count). The fourth-order valence-corrected chi connectivity index (χ4v) is 8.92. The van der Waals surface area contributed by atoms with Gasteiger partial charge in [0.25, 0.3) is 6.33 Å². The number of rotatable bonds is 8. The first-order chi connectivity index (χ1) is 29.6. The minimum Gasteiger partial charge on any atom is -0.458 e. The Morgan fingerprint density at radius 3 is 1.87 bits per heavy atom. The minimum atomic E-state index is -0.235.